The van der Waals surface area contributed by atoms with Crippen LogP contribution in [0.15, 0.2) is 30.3 Å². The molecule has 1 aromatic carbocycles. The van der Waals surface area contributed by atoms with Crippen molar-refractivity contribution in [3.05, 3.63) is 35.9 Å². The molecular formula is C17H24N2. The Morgan fingerprint density at radius 1 is 1.16 bits per heavy atom. The molecule has 2 rings (SSSR count). The standard InChI is InChI=1S/C17H24N2/c1-13-8-14(2)10-17(9-13)19-12-16(11-18)15-6-4-3-5-7-15/h3-7,13-14,16-17,19H,8-10,12H2,1-2H3. The van der Waals surface area contributed by atoms with Crippen LogP contribution in [0, 0.1) is 23.2 Å². The largest absolute Gasteiger partial charge is 0.312 e. The summed E-state index contributed by atoms with van der Waals surface area (Å²) in [5.41, 5.74) is 1.12. The van der Waals surface area contributed by atoms with E-state index in [-0.39, 0.29) is 5.92 Å². The molecule has 3 unspecified atom stereocenters. The van der Waals surface area contributed by atoms with Crippen LogP contribution in [0.1, 0.15) is 44.6 Å². The number of nitrogens with zero attached hydrogens (tertiary/aromatic N) is 1. The van der Waals surface area contributed by atoms with Gasteiger partial charge in [0.25, 0.3) is 0 Å². The quantitative estimate of drug-likeness (QED) is 0.891. The first-order chi connectivity index (χ1) is 9.19. The van der Waals surface area contributed by atoms with Crippen molar-refractivity contribution < 1.29 is 0 Å². The highest BCUT2D eigenvalue weighted by Crippen LogP contribution is 2.28. The van der Waals surface area contributed by atoms with Crippen LogP contribution in [0.25, 0.3) is 0 Å². The van der Waals surface area contributed by atoms with Crippen LogP contribution in [-0.4, -0.2) is 12.6 Å². The molecule has 0 aromatic heterocycles. The van der Waals surface area contributed by atoms with Gasteiger partial charge in [-0.15, -0.1) is 0 Å². The molecule has 2 heteroatoms. The minimum absolute atomic E-state index is 0.0336. The predicted octanol–water partition coefficient (Wildman–Crippen LogP) is 3.71. The van der Waals surface area contributed by atoms with E-state index in [1.54, 1.807) is 0 Å². The van der Waals surface area contributed by atoms with Gasteiger partial charge in [0.05, 0.1) is 12.0 Å². The fourth-order valence-electron chi connectivity index (χ4n) is 3.32. The summed E-state index contributed by atoms with van der Waals surface area (Å²) in [4.78, 5) is 0. The number of nitriles is 1. The lowest BCUT2D eigenvalue weighted by atomic mass is 9.80. The first-order valence-electron chi connectivity index (χ1n) is 7.37. The van der Waals surface area contributed by atoms with E-state index >= 15 is 0 Å². The van der Waals surface area contributed by atoms with Gasteiger partial charge in [-0.25, -0.2) is 0 Å². The number of rotatable bonds is 4. The van der Waals surface area contributed by atoms with E-state index in [1.165, 1.54) is 19.3 Å². The Bertz CT molecular complexity index is 411. The molecule has 1 N–H and O–H groups in total. The Balaban J connectivity index is 1.89. The van der Waals surface area contributed by atoms with Gasteiger partial charge in [-0.3, -0.25) is 0 Å². The predicted molar refractivity (Wildman–Crippen MR) is 78.8 cm³/mol. The van der Waals surface area contributed by atoms with Crippen molar-refractivity contribution in [2.45, 2.75) is 45.1 Å². The van der Waals surface area contributed by atoms with Gasteiger partial charge in [0, 0.05) is 12.6 Å². The lowest BCUT2D eigenvalue weighted by Gasteiger charge is -2.32. The Morgan fingerprint density at radius 3 is 2.37 bits per heavy atom. The Hall–Kier alpha value is -1.33. The van der Waals surface area contributed by atoms with Crippen molar-refractivity contribution in [3.8, 4) is 6.07 Å². The minimum atomic E-state index is -0.0336. The van der Waals surface area contributed by atoms with Crippen LogP contribution >= 0.6 is 0 Å². The average Bonchev–Trinajstić information content (AvgIpc) is 2.39. The van der Waals surface area contributed by atoms with Crippen molar-refractivity contribution in [1.82, 2.24) is 5.32 Å². The maximum absolute atomic E-state index is 9.32. The van der Waals surface area contributed by atoms with Crippen LogP contribution in [0.5, 0.6) is 0 Å². The molecule has 0 radical (unpaired) electrons. The third-order valence-electron chi connectivity index (χ3n) is 4.15. The molecule has 1 fully saturated rings. The Morgan fingerprint density at radius 2 is 1.79 bits per heavy atom. The maximum Gasteiger partial charge on any atom is 0.0837 e. The molecule has 0 aliphatic heterocycles. The van der Waals surface area contributed by atoms with E-state index < -0.39 is 0 Å². The molecule has 1 aliphatic carbocycles. The lowest BCUT2D eigenvalue weighted by Crippen LogP contribution is -2.38. The van der Waals surface area contributed by atoms with Crippen LogP contribution in [-0.2, 0) is 0 Å². The summed E-state index contributed by atoms with van der Waals surface area (Å²) in [6.45, 7) is 5.44. The second-order valence-corrected chi connectivity index (χ2v) is 6.11. The third-order valence-corrected chi connectivity index (χ3v) is 4.15. The third kappa shape index (κ3) is 4.08. The molecule has 2 nitrogen and oxygen atoms in total. The van der Waals surface area contributed by atoms with E-state index in [0.29, 0.717) is 6.04 Å². The fourth-order valence-corrected chi connectivity index (χ4v) is 3.32. The summed E-state index contributed by atoms with van der Waals surface area (Å²) >= 11 is 0. The summed E-state index contributed by atoms with van der Waals surface area (Å²) in [7, 11) is 0. The van der Waals surface area contributed by atoms with Crippen molar-refractivity contribution in [2.75, 3.05) is 6.54 Å². The smallest absolute Gasteiger partial charge is 0.0837 e. The van der Waals surface area contributed by atoms with Crippen LogP contribution in [0.3, 0.4) is 0 Å². The minimum Gasteiger partial charge on any atom is -0.312 e. The van der Waals surface area contributed by atoms with Gasteiger partial charge in [-0.05, 0) is 36.7 Å². The van der Waals surface area contributed by atoms with E-state index in [2.05, 4.69) is 25.2 Å². The zero-order valence-electron chi connectivity index (χ0n) is 12.0. The van der Waals surface area contributed by atoms with Gasteiger partial charge in [0.1, 0.15) is 0 Å². The van der Waals surface area contributed by atoms with E-state index in [0.717, 1.165) is 23.9 Å². The van der Waals surface area contributed by atoms with Crippen LogP contribution in [0.2, 0.25) is 0 Å². The maximum atomic E-state index is 9.32. The molecule has 1 saturated carbocycles. The summed E-state index contributed by atoms with van der Waals surface area (Å²) in [6, 6.07) is 13.1. The second-order valence-electron chi connectivity index (χ2n) is 6.11. The zero-order chi connectivity index (χ0) is 13.7. The summed E-state index contributed by atoms with van der Waals surface area (Å²) in [6.07, 6.45) is 3.84. The second kappa shape index (κ2) is 6.73. The summed E-state index contributed by atoms with van der Waals surface area (Å²) in [5.74, 6) is 1.57. The average molecular weight is 256 g/mol. The molecule has 3 atom stereocenters. The van der Waals surface area contributed by atoms with Crippen LogP contribution < -0.4 is 5.32 Å². The SMILES string of the molecule is CC1CC(C)CC(NCC(C#N)c2ccccc2)C1. The Kier molecular flexibility index (Phi) is 4.99. The van der Waals surface area contributed by atoms with E-state index in [4.69, 9.17) is 0 Å². The number of hydrogen-bond donors (Lipinski definition) is 1. The Labute approximate surface area is 116 Å². The molecule has 19 heavy (non-hydrogen) atoms. The molecule has 0 saturated heterocycles. The molecule has 0 heterocycles. The molecular weight excluding hydrogens is 232 g/mol. The van der Waals surface area contributed by atoms with Gasteiger partial charge < -0.3 is 5.32 Å². The van der Waals surface area contributed by atoms with Gasteiger partial charge >= 0.3 is 0 Å². The zero-order valence-corrected chi connectivity index (χ0v) is 12.0. The van der Waals surface area contributed by atoms with E-state index in [9.17, 15) is 5.26 Å². The first kappa shape index (κ1) is 14.1. The molecule has 102 valence electrons. The number of nitrogens with one attached hydrogen (secondary N) is 1. The highest BCUT2D eigenvalue weighted by molar-refractivity contribution is 5.25. The highest BCUT2D eigenvalue weighted by atomic mass is 14.9. The molecule has 0 spiro atoms. The monoisotopic (exact) mass is 256 g/mol. The van der Waals surface area contributed by atoms with Crippen molar-refractivity contribution >= 4 is 0 Å². The van der Waals surface area contributed by atoms with Gasteiger partial charge in [0.2, 0.25) is 0 Å². The molecule has 1 aromatic rings. The summed E-state index contributed by atoms with van der Waals surface area (Å²) < 4.78 is 0. The molecule has 1 aliphatic rings. The summed E-state index contributed by atoms with van der Waals surface area (Å²) in [5, 5.41) is 12.9. The van der Waals surface area contributed by atoms with Crippen molar-refractivity contribution in [3.63, 3.8) is 0 Å². The number of hydrogen-bond acceptors (Lipinski definition) is 2. The van der Waals surface area contributed by atoms with Gasteiger partial charge in [-0.1, -0.05) is 44.2 Å². The normalized spacial score (nSPS) is 28.6. The fraction of sp³-hybridized carbons (Fsp3) is 0.588. The van der Waals surface area contributed by atoms with Gasteiger partial charge in [-0.2, -0.15) is 5.26 Å². The van der Waals surface area contributed by atoms with Crippen molar-refractivity contribution in [1.29, 1.82) is 5.26 Å². The number of benzene rings is 1. The van der Waals surface area contributed by atoms with Crippen molar-refractivity contribution in [2.24, 2.45) is 11.8 Å². The topological polar surface area (TPSA) is 35.8 Å². The lowest BCUT2D eigenvalue weighted by molar-refractivity contribution is 0.239. The first-order valence-corrected chi connectivity index (χ1v) is 7.37. The van der Waals surface area contributed by atoms with E-state index in [1.807, 2.05) is 30.3 Å². The molecule has 0 bridgehead atoms. The molecule has 0 amide bonds. The van der Waals surface area contributed by atoms with Gasteiger partial charge in [0.15, 0.2) is 0 Å². The highest BCUT2D eigenvalue weighted by Gasteiger charge is 2.24. The van der Waals surface area contributed by atoms with Crippen LogP contribution in [0.4, 0.5) is 0 Å².